The summed E-state index contributed by atoms with van der Waals surface area (Å²) in [6.45, 7) is 7.17. The van der Waals surface area contributed by atoms with Crippen molar-refractivity contribution in [3.63, 3.8) is 0 Å². The van der Waals surface area contributed by atoms with E-state index in [0.717, 1.165) is 58.5 Å². The van der Waals surface area contributed by atoms with Crippen LogP contribution >= 0.6 is 0 Å². The van der Waals surface area contributed by atoms with E-state index in [-0.39, 0.29) is 11.9 Å². The SMILES string of the molecule is CCOC1CCCN(C(CN)CC(=O)N2CCCC2)C1. The highest BCUT2D eigenvalue weighted by Gasteiger charge is 2.28. The number of carbonyl (C=O) groups excluding carboxylic acids is 1. The molecule has 0 aliphatic carbocycles. The van der Waals surface area contributed by atoms with Crippen LogP contribution in [0.25, 0.3) is 0 Å². The van der Waals surface area contributed by atoms with Crippen molar-refractivity contribution < 1.29 is 9.53 Å². The number of hydrogen-bond donors (Lipinski definition) is 1. The molecule has 2 N–H and O–H groups in total. The number of nitrogens with two attached hydrogens (primary N) is 1. The number of carbonyl (C=O) groups is 1. The van der Waals surface area contributed by atoms with Crippen LogP contribution < -0.4 is 5.73 Å². The summed E-state index contributed by atoms with van der Waals surface area (Å²) in [5, 5.41) is 0. The summed E-state index contributed by atoms with van der Waals surface area (Å²) in [5.41, 5.74) is 5.92. The zero-order valence-corrected chi connectivity index (χ0v) is 12.7. The maximum Gasteiger partial charge on any atom is 0.224 e. The molecule has 1 amide bonds. The summed E-state index contributed by atoms with van der Waals surface area (Å²) in [4.78, 5) is 16.6. The third-order valence-electron chi connectivity index (χ3n) is 4.47. The van der Waals surface area contributed by atoms with Gasteiger partial charge in [-0.15, -0.1) is 0 Å². The first-order chi connectivity index (χ1) is 9.74. The van der Waals surface area contributed by atoms with Crippen LogP contribution in [0.2, 0.25) is 0 Å². The van der Waals surface area contributed by atoms with Crippen molar-refractivity contribution in [1.29, 1.82) is 0 Å². The minimum atomic E-state index is 0.173. The average Bonchev–Trinajstić information content (AvgIpc) is 2.99. The molecule has 0 spiro atoms. The molecule has 0 aromatic heterocycles. The highest BCUT2D eigenvalue weighted by molar-refractivity contribution is 5.77. The van der Waals surface area contributed by atoms with Gasteiger partial charge < -0.3 is 15.4 Å². The molecule has 2 aliphatic heterocycles. The summed E-state index contributed by atoms with van der Waals surface area (Å²) in [6.07, 6.45) is 5.44. The van der Waals surface area contributed by atoms with Crippen LogP contribution in [0.3, 0.4) is 0 Å². The molecule has 0 bridgehead atoms. The molecule has 2 fully saturated rings. The normalized spacial score (nSPS) is 25.9. The fraction of sp³-hybridized carbons (Fsp3) is 0.933. The van der Waals surface area contributed by atoms with Gasteiger partial charge in [0.2, 0.25) is 5.91 Å². The Morgan fingerprint density at radius 3 is 2.70 bits per heavy atom. The Balaban J connectivity index is 1.85. The van der Waals surface area contributed by atoms with E-state index >= 15 is 0 Å². The first-order valence-electron chi connectivity index (χ1n) is 8.08. The molecule has 2 heterocycles. The van der Waals surface area contributed by atoms with Crippen LogP contribution in [0.15, 0.2) is 0 Å². The van der Waals surface area contributed by atoms with E-state index in [4.69, 9.17) is 10.5 Å². The summed E-state index contributed by atoms with van der Waals surface area (Å²) in [7, 11) is 0. The number of likely N-dealkylation sites (tertiary alicyclic amines) is 2. The minimum absolute atomic E-state index is 0.173. The van der Waals surface area contributed by atoms with Gasteiger partial charge in [-0.25, -0.2) is 0 Å². The van der Waals surface area contributed by atoms with Crippen LogP contribution in [-0.2, 0) is 9.53 Å². The molecule has 116 valence electrons. The van der Waals surface area contributed by atoms with Crippen molar-refractivity contribution >= 4 is 5.91 Å². The predicted octanol–water partition coefficient (Wildman–Crippen LogP) is 0.827. The van der Waals surface area contributed by atoms with Gasteiger partial charge in [-0.3, -0.25) is 9.69 Å². The molecular formula is C15H29N3O2. The van der Waals surface area contributed by atoms with Gasteiger partial charge in [-0.2, -0.15) is 0 Å². The van der Waals surface area contributed by atoms with Gasteiger partial charge in [0.05, 0.1) is 6.10 Å². The number of hydrogen-bond acceptors (Lipinski definition) is 4. The molecule has 2 aliphatic rings. The number of amides is 1. The third kappa shape index (κ3) is 4.17. The second-order valence-corrected chi connectivity index (χ2v) is 5.90. The molecule has 2 unspecified atom stereocenters. The zero-order valence-electron chi connectivity index (χ0n) is 12.7. The molecule has 5 heteroatoms. The van der Waals surface area contributed by atoms with Crippen LogP contribution in [0, 0.1) is 0 Å². The molecule has 5 nitrogen and oxygen atoms in total. The largest absolute Gasteiger partial charge is 0.377 e. The molecule has 2 rings (SSSR count). The second kappa shape index (κ2) is 7.96. The first kappa shape index (κ1) is 15.7. The van der Waals surface area contributed by atoms with Gasteiger partial charge in [0.1, 0.15) is 0 Å². The van der Waals surface area contributed by atoms with Crippen LogP contribution in [0.5, 0.6) is 0 Å². The van der Waals surface area contributed by atoms with Gasteiger partial charge in [-0.05, 0) is 39.2 Å². The van der Waals surface area contributed by atoms with Crippen LogP contribution in [-0.4, -0.2) is 67.2 Å². The van der Waals surface area contributed by atoms with E-state index in [1.54, 1.807) is 0 Å². The standard InChI is InChI=1S/C15H29N3O2/c1-2-20-14-6-5-9-18(12-14)13(11-16)10-15(19)17-7-3-4-8-17/h13-14H,2-12,16H2,1H3. The topological polar surface area (TPSA) is 58.8 Å². The lowest BCUT2D eigenvalue weighted by atomic mass is 10.0. The molecule has 2 atom stereocenters. The van der Waals surface area contributed by atoms with E-state index in [9.17, 15) is 4.79 Å². The lowest BCUT2D eigenvalue weighted by Crippen LogP contribution is -2.50. The van der Waals surface area contributed by atoms with Crippen molar-refractivity contribution in [2.75, 3.05) is 39.3 Å². The number of ether oxygens (including phenoxy) is 1. The second-order valence-electron chi connectivity index (χ2n) is 5.90. The van der Waals surface area contributed by atoms with Gasteiger partial charge in [0, 0.05) is 45.2 Å². The monoisotopic (exact) mass is 283 g/mol. The van der Waals surface area contributed by atoms with E-state index in [0.29, 0.717) is 19.1 Å². The van der Waals surface area contributed by atoms with Gasteiger partial charge in [0.15, 0.2) is 0 Å². The third-order valence-corrected chi connectivity index (χ3v) is 4.47. The van der Waals surface area contributed by atoms with Crippen molar-refractivity contribution in [2.24, 2.45) is 5.73 Å². The number of piperidine rings is 1. The Hall–Kier alpha value is -0.650. The Kier molecular flexibility index (Phi) is 6.26. The van der Waals surface area contributed by atoms with Crippen molar-refractivity contribution in [3.05, 3.63) is 0 Å². The van der Waals surface area contributed by atoms with Crippen LogP contribution in [0.4, 0.5) is 0 Å². The average molecular weight is 283 g/mol. The lowest BCUT2D eigenvalue weighted by molar-refractivity contribution is -0.131. The molecule has 0 aromatic carbocycles. The highest BCUT2D eigenvalue weighted by Crippen LogP contribution is 2.18. The van der Waals surface area contributed by atoms with Gasteiger partial charge in [-0.1, -0.05) is 0 Å². The first-order valence-corrected chi connectivity index (χ1v) is 8.08. The van der Waals surface area contributed by atoms with Crippen LogP contribution in [0.1, 0.15) is 39.0 Å². The van der Waals surface area contributed by atoms with E-state index in [1.807, 2.05) is 11.8 Å². The maximum absolute atomic E-state index is 12.3. The molecule has 0 saturated carbocycles. The molecule has 0 aromatic rings. The smallest absolute Gasteiger partial charge is 0.224 e. The molecule has 2 saturated heterocycles. The molecule has 0 radical (unpaired) electrons. The number of rotatable bonds is 6. The molecule has 20 heavy (non-hydrogen) atoms. The Morgan fingerprint density at radius 2 is 2.05 bits per heavy atom. The summed E-state index contributed by atoms with van der Waals surface area (Å²) >= 11 is 0. The Labute approximate surface area is 122 Å². The van der Waals surface area contributed by atoms with E-state index in [1.165, 1.54) is 0 Å². The number of nitrogens with zero attached hydrogens (tertiary/aromatic N) is 2. The van der Waals surface area contributed by atoms with E-state index < -0.39 is 0 Å². The minimum Gasteiger partial charge on any atom is -0.377 e. The molecular weight excluding hydrogens is 254 g/mol. The van der Waals surface area contributed by atoms with Gasteiger partial charge >= 0.3 is 0 Å². The van der Waals surface area contributed by atoms with Crippen molar-refractivity contribution in [1.82, 2.24) is 9.80 Å². The Morgan fingerprint density at radius 1 is 1.30 bits per heavy atom. The zero-order chi connectivity index (χ0) is 14.4. The maximum atomic E-state index is 12.3. The summed E-state index contributed by atoms with van der Waals surface area (Å²) < 4.78 is 5.73. The van der Waals surface area contributed by atoms with Gasteiger partial charge in [0.25, 0.3) is 0 Å². The highest BCUT2D eigenvalue weighted by atomic mass is 16.5. The Bertz CT molecular complexity index is 303. The quantitative estimate of drug-likeness (QED) is 0.784. The fourth-order valence-corrected chi connectivity index (χ4v) is 3.33. The summed E-state index contributed by atoms with van der Waals surface area (Å²) in [5.74, 6) is 0.275. The lowest BCUT2D eigenvalue weighted by Gasteiger charge is -2.37. The van der Waals surface area contributed by atoms with Crippen molar-refractivity contribution in [3.8, 4) is 0 Å². The predicted molar refractivity (Wildman–Crippen MR) is 79.5 cm³/mol. The van der Waals surface area contributed by atoms with E-state index in [2.05, 4.69) is 4.90 Å². The van der Waals surface area contributed by atoms with Crippen molar-refractivity contribution in [2.45, 2.75) is 51.2 Å². The summed E-state index contributed by atoms with van der Waals surface area (Å²) in [6, 6.07) is 0.173. The fourth-order valence-electron chi connectivity index (χ4n) is 3.33.